The molecule has 0 unspecified atom stereocenters. The summed E-state index contributed by atoms with van der Waals surface area (Å²) in [5.41, 5.74) is 2.16. The van der Waals surface area contributed by atoms with Crippen LogP contribution in [0.25, 0.3) is 11.4 Å². The summed E-state index contributed by atoms with van der Waals surface area (Å²) < 4.78 is 7.14. The predicted molar refractivity (Wildman–Crippen MR) is 97.0 cm³/mol. The molecule has 128 valence electrons. The quantitative estimate of drug-likeness (QED) is 0.299. The van der Waals surface area contributed by atoms with Crippen LogP contribution < -0.4 is 0 Å². The minimum Gasteiger partial charge on any atom is -0.465 e. The van der Waals surface area contributed by atoms with Gasteiger partial charge < -0.3 is 4.74 Å². The molecule has 0 aliphatic heterocycles. The Morgan fingerprint density at radius 2 is 2.25 bits per heavy atom. The lowest BCUT2D eigenvalue weighted by Gasteiger charge is -2.08. The van der Waals surface area contributed by atoms with Gasteiger partial charge in [0, 0.05) is 12.1 Å². The number of allylic oxidation sites excluding steroid dienone is 1. The third-order valence-corrected chi connectivity index (χ3v) is 4.33. The number of carbonyl (C=O) groups excluding carboxylic acids is 1. The zero-order valence-corrected chi connectivity index (χ0v) is 15.0. The fourth-order valence-corrected chi connectivity index (χ4v) is 2.93. The van der Waals surface area contributed by atoms with Crippen LogP contribution in [-0.2, 0) is 16.1 Å². The molecule has 0 atom stereocenters. The van der Waals surface area contributed by atoms with Gasteiger partial charge in [0.15, 0.2) is 11.0 Å². The van der Waals surface area contributed by atoms with Crippen molar-refractivity contribution in [2.75, 3.05) is 12.4 Å². The molecule has 0 spiro atoms. The molecule has 2 aromatic rings. The van der Waals surface area contributed by atoms with E-state index in [1.54, 1.807) is 6.08 Å². The molecule has 2 rings (SSSR count). The van der Waals surface area contributed by atoms with Gasteiger partial charge in [-0.15, -0.1) is 16.8 Å². The maximum absolute atomic E-state index is 11.8. The van der Waals surface area contributed by atoms with Crippen molar-refractivity contribution in [3.8, 4) is 11.4 Å². The number of hydrogen-bond donors (Lipinski definition) is 0. The van der Waals surface area contributed by atoms with E-state index in [9.17, 15) is 4.79 Å². The molecule has 1 heterocycles. The lowest BCUT2D eigenvalue weighted by molar-refractivity contribution is -0.140. The number of aromatic nitrogens is 3. The standard InChI is InChI=1S/C18H23N3O2S/c1-4-6-11-23-16(22)13-24-18-20-19-17(21(18)10-5-2)15-9-7-8-14(3)12-15/h5,7-9,12H,2,4,6,10-11,13H2,1,3H3. The first-order valence-electron chi connectivity index (χ1n) is 8.05. The van der Waals surface area contributed by atoms with Crippen molar-refractivity contribution in [3.63, 3.8) is 0 Å². The van der Waals surface area contributed by atoms with E-state index in [2.05, 4.69) is 29.8 Å². The molecule has 0 aliphatic rings. The van der Waals surface area contributed by atoms with E-state index in [0.29, 0.717) is 18.3 Å². The molecule has 0 fully saturated rings. The van der Waals surface area contributed by atoms with Gasteiger partial charge in [0.05, 0.1) is 12.4 Å². The average molecular weight is 345 g/mol. The molecule has 0 aliphatic carbocycles. The van der Waals surface area contributed by atoms with E-state index in [1.807, 2.05) is 29.7 Å². The monoisotopic (exact) mass is 345 g/mol. The Bertz CT molecular complexity index is 697. The van der Waals surface area contributed by atoms with Gasteiger partial charge in [-0.1, -0.05) is 54.9 Å². The van der Waals surface area contributed by atoms with Gasteiger partial charge in [0.2, 0.25) is 0 Å². The van der Waals surface area contributed by atoms with Gasteiger partial charge in [0.1, 0.15) is 0 Å². The lowest BCUT2D eigenvalue weighted by Crippen LogP contribution is -2.09. The summed E-state index contributed by atoms with van der Waals surface area (Å²) in [6.07, 6.45) is 3.70. The smallest absolute Gasteiger partial charge is 0.316 e. The highest BCUT2D eigenvalue weighted by Crippen LogP contribution is 2.24. The van der Waals surface area contributed by atoms with Crippen molar-refractivity contribution in [2.24, 2.45) is 0 Å². The van der Waals surface area contributed by atoms with Crippen LogP contribution in [0.5, 0.6) is 0 Å². The van der Waals surface area contributed by atoms with Gasteiger partial charge in [-0.2, -0.15) is 0 Å². The number of aryl methyl sites for hydroxylation is 1. The fourth-order valence-electron chi connectivity index (χ4n) is 2.18. The first-order valence-corrected chi connectivity index (χ1v) is 9.03. The molecule has 1 aromatic carbocycles. The van der Waals surface area contributed by atoms with Crippen LogP contribution in [0.15, 0.2) is 42.1 Å². The molecular weight excluding hydrogens is 322 g/mol. The second-order valence-corrected chi connectivity index (χ2v) is 6.38. The zero-order chi connectivity index (χ0) is 17.4. The minimum absolute atomic E-state index is 0.223. The van der Waals surface area contributed by atoms with E-state index < -0.39 is 0 Å². The molecule has 0 saturated carbocycles. The second-order valence-electron chi connectivity index (χ2n) is 5.44. The van der Waals surface area contributed by atoms with Gasteiger partial charge in [0.25, 0.3) is 0 Å². The number of thioether (sulfide) groups is 1. The molecule has 5 nitrogen and oxygen atoms in total. The van der Waals surface area contributed by atoms with Crippen LogP contribution in [0, 0.1) is 6.92 Å². The van der Waals surface area contributed by atoms with E-state index >= 15 is 0 Å². The van der Waals surface area contributed by atoms with E-state index in [-0.39, 0.29) is 11.7 Å². The number of rotatable bonds is 9. The minimum atomic E-state index is -0.223. The number of hydrogen-bond acceptors (Lipinski definition) is 5. The maximum Gasteiger partial charge on any atom is 0.316 e. The highest BCUT2D eigenvalue weighted by molar-refractivity contribution is 7.99. The SMILES string of the molecule is C=CCn1c(SCC(=O)OCCCC)nnc1-c1cccc(C)c1. The number of ether oxygens (including phenoxy) is 1. The van der Waals surface area contributed by atoms with Crippen molar-refractivity contribution in [1.82, 2.24) is 14.8 Å². The molecule has 0 radical (unpaired) electrons. The van der Waals surface area contributed by atoms with Crippen LogP contribution in [0.3, 0.4) is 0 Å². The van der Waals surface area contributed by atoms with Gasteiger partial charge in [-0.25, -0.2) is 0 Å². The summed E-state index contributed by atoms with van der Waals surface area (Å²) in [6.45, 7) is 8.96. The topological polar surface area (TPSA) is 57.0 Å². The normalized spacial score (nSPS) is 10.6. The Kier molecular flexibility index (Phi) is 7.06. The first-order chi connectivity index (χ1) is 11.7. The van der Waals surface area contributed by atoms with Crippen molar-refractivity contribution in [1.29, 1.82) is 0 Å². The van der Waals surface area contributed by atoms with Crippen molar-refractivity contribution >= 4 is 17.7 Å². The summed E-state index contributed by atoms with van der Waals surface area (Å²) in [6, 6.07) is 8.11. The Hall–Kier alpha value is -2.08. The third-order valence-electron chi connectivity index (χ3n) is 3.38. The predicted octanol–water partition coefficient (Wildman–Crippen LogP) is 3.87. The molecule has 6 heteroatoms. The van der Waals surface area contributed by atoms with Crippen LogP contribution >= 0.6 is 11.8 Å². The van der Waals surface area contributed by atoms with Crippen LogP contribution in [0.4, 0.5) is 0 Å². The highest BCUT2D eigenvalue weighted by atomic mass is 32.2. The summed E-state index contributed by atoms with van der Waals surface area (Å²) in [5.74, 6) is 0.784. The Balaban J connectivity index is 2.10. The number of nitrogens with zero attached hydrogens (tertiary/aromatic N) is 3. The Labute approximate surface area is 147 Å². The maximum atomic E-state index is 11.8. The fraction of sp³-hybridized carbons (Fsp3) is 0.389. The highest BCUT2D eigenvalue weighted by Gasteiger charge is 2.15. The first kappa shape index (κ1) is 18.3. The lowest BCUT2D eigenvalue weighted by atomic mass is 10.1. The summed E-state index contributed by atoms with van der Waals surface area (Å²) in [5, 5.41) is 9.21. The molecule has 1 aromatic heterocycles. The van der Waals surface area contributed by atoms with Crippen molar-refractivity contribution in [3.05, 3.63) is 42.5 Å². The Morgan fingerprint density at radius 3 is 2.96 bits per heavy atom. The van der Waals surface area contributed by atoms with Crippen molar-refractivity contribution in [2.45, 2.75) is 38.4 Å². The number of benzene rings is 1. The molecule has 0 bridgehead atoms. The van der Waals surface area contributed by atoms with Crippen LogP contribution in [0.2, 0.25) is 0 Å². The van der Waals surface area contributed by atoms with Gasteiger partial charge in [-0.05, 0) is 19.4 Å². The largest absolute Gasteiger partial charge is 0.465 e. The molecular formula is C18H23N3O2S. The molecule has 0 amide bonds. The van der Waals surface area contributed by atoms with E-state index in [1.165, 1.54) is 11.8 Å². The molecule has 0 saturated heterocycles. The summed E-state index contributed by atoms with van der Waals surface area (Å²) in [7, 11) is 0. The summed E-state index contributed by atoms with van der Waals surface area (Å²) in [4.78, 5) is 11.8. The van der Waals surface area contributed by atoms with Gasteiger partial charge >= 0.3 is 5.97 Å². The van der Waals surface area contributed by atoms with E-state index in [4.69, 9.17) is 4.74 Å². The zero-order valence-electron chi connectivity index (χ0n) is 14.2. The van der Waals surface area contributed by atoms with Gasteiger partial charge in [-0.3, -0.25) is 9.36 Å². The molecule has 24 heavy (non-hydrogen) atoms. The second kappa shape index (κ2) is 9.27. The average Bonchev–Trinajstić information content (AvgIpc) is 2.96. The summed E-state index contributed by atoms with van der Waals surface area (Å²) >= 11 is 1.34. The Morgan fingerprint density at radius 1 is 1.42 bits per heavy atom. The van der Waals surface area contributed by atoms with Crippen molar-refractivity contribution < 1.29 is 9.53 Å². The van der Waals surface area contributed by atoms with Crippen LogP contribution in [-0.4, -0.2) is 33.1 Å². The number of esters is 1. The molecule has 0 N–H and O–H groups in total. The number of unbranched alkanes of at least 4 members (excludes halogenated alkanes) is 1. The van der Waals surface area contributed by atoms with Crippen LogP contribution in [0.1, 0.15) is 25.3 Å². The third kappa shape index (κ3) is 4.96. The van der Waals surface area contributed by atoms with E-state index in [0.717, 1.165) is 29.8 Å². The number of carbonyl (C=O) groups is 1.